The molecule has 0 bridgehead atoms. The normalized spacial score (nSPS) is 15.2. The standard InChI is InChI=1S/C29H51N3O6/c1-18(2)21(13-20-9-10-24(33)26(14-20)38-12-8-11-37-7)15-23(30)25(34)16-22(19(3)4)27(35)32-17-29(5,6)28(31)36/h9-10,14,18-19,21-23,25,33-34H,8,11-13,15-17,30H2,1-7H3,(H2,31,36)(H,32,35). The van der Waals surface area contributed by atoms with Crippen molar-refractivity contribution in [1.29, 1.82) is 0 Å². The Labute approximate surface area is 228 Å². The molecule has 0 aliphatic heterocycles. The lowest BCUT2D eigenvalue weighted by molar-refractivity contribution is -0.130. The Morgan fingerprint density at radius 2 is 1.74 bits per heavy atom. The van der Waals surface area contributed by atoms with E-state index >= 15 is 0 Å². The highest BCUT2D eigenvalue weighted by Crippen LogP contribution is 2.31. The summed E-state index contributed by atoms with van der Waals surface area (Å²) in [6, 6.07) is 4.85. The van der Waals surface area contributed by atoms with E-state index < -0.39 is 29.4 Å². The zero-order chi connectivity index (χ0) is 29.0. The predicted octanol–water partition coefficient (Wildman–Crippen LogP) is 2.99. The number of aliphatic hydroxyl groups excluding tert-OH is 1. The van der Waals surface area contributed by atoms with Crippen LogP contribution < -0.4 is 21.5 Å². The average molecular weight is 538 g/mol. The van der Waals surface area contributed by atoms with Crippen LogP contribution in [0.4, 0.5) is 0 Å². The second kappa shape index (κ2) is 15.9. The van der Waals surface area contributed by atoms with E-state index in [2.05, 4.69) is 19.2 Å². The van der Waals surface area contributed by atoms with Gasteiger partial charge in [0.2, 0.25) is 11.8 Å². The molecule has 0 saturated carbocycles. The van der Waals surface area contributed by atoms with Crippen LogP contribution in [-0.4, -0.2) is 61.0 Å². The van der Waals surface area contributed by atoms with Crippen molar-refractivity contribution in [3.8, 4) is 11.5 Å². The molecule has 2 amide bonds. The molecule has 218 valence electrons. The van der Waals surface area contributed by atoms with E-state index in [1.807, 2.05) is 26.0 Å². The number of rotatable bonds is 18. The van der Waals surface area contributed by atoms with Crippen molar-refractivity contribution in [2.24, 2.45) is 40.6 Å². The number of methoxy groups -OCH3 is 1. The summed E-state index contributed by atoms with van der Waals surface area (Å²) in [4.78, 5) is 24.5. The molecule has 7 N–H and O–H groups in total. The molecule has 0 radical (unpaired) electrons. The first kappa shape index (κ1) is 33.7. The van der Waals surface area contributed by atoms with Crippen molar-refractivity contribution in [2.45, 2.75) is 79.4 Å². The second-order valence-corrected chi connectivity index (χ2v) is 11.7. The molecule has 0 saturated heterocycles. The van der Waals surface area contributed by atoms with Crippen LogP contribution in [0.15, 0.2) is 18.2 Å². The van der Waals surface area contributed by atoms with Gasteiger partial charge in [-0.15, -0.1) is 0 Å². The summed E-state index contributed by atoms with van der Waals surface area (Å²) in [6.45, 7) is 12.6. The number of phenolic OH excluding ortho intramolecular Hbond substituents is 1. The Balaban J connectivity index is 2.82. The molecule has 1 rings (SSSR count). The third-order valence-electron chi connectivity index (χ3n) is 7.29. The summed E-state index contributed by atoms with van der Waals surface area (Å²) in [7, 11) is 1.64. The van der Waals surface area contributed by atoms with Crippen LogP contribution in [0.3, 0.4) is 0 Å². The van der Waals surface area contributed by atoms with E-state index in [0.29, 0.717) is 37.7 Å². The zero-order valence-electron chi connectivity index (χ0n) is 24.3. The monoisotopic (exact) mass is 537 g/mol. The molecule has 4 atom stereocenters. The molecule has 0 spiro atoms. The summed E-state index contributed by atoms with van der Waals surface area (Å²) >= 11 is 0. The number of phenols is 1. The maximum Gasteiger partial charge on any atom is 0.224 e. The van der Waals surface area contributed by atoms with Crippen LogP contribution in [0.1, 0.15) is 66.4 Å². The molecule has 1 aromatic rings. The van der Waals surface area contributed by atoms with Crippen LogP contribution in [0, 0.1) is 29.1 Å². The van der Waals surface area contributed by atoms with Gasteiger partial charge < -0.3 is 36.5 Å². The SMILES string of the molecule is COCCCOc1cc(CC(CC(N)C(O)CC(C(=O)NCC(C)(C)C(N)=O)C(C)C)C(C)C)ccc1O. The summed E-state index contributed by atoms with van der Waals surface area (Å²) < 4.78 is 10.8. The van der Waals surface area contributed by atoms with Gasteiger partial charge in [-0.2, -0.15) is 0 Å². The van der Waals surface area contributed by atoms with Gasteiger partial charge in [0.25, 0.3) is 0 Å². The Bertz CT molecular complexity index is 874. The number of aromatic hydroxyl groups is 1. The minimum Gasteiger partial charge on any atom is -0.504 e. The van der Waals surface area contributed by atoms with Gasteiger partial charge in [-0.3, -0.25) is 9.59 Å². The third kappa shape index (κ3) is 11.2. The van der Waals surface area contributed by atoms with Gasteiger partial charge in [-0.05, 0) is 68.6 Å². The molecular weight excluding hydrogens is 486 g/mol. The molecule has 0 aliphatic carbocycles. The second-order valence-electron chi connectivity index (χ2n) is 11.7. The fraction of sp³-hybridized carbons (Fsp3) is 0.724. The molecule has 0 aromatic heterocycles. The van der Waals surface area contributed by atoms with E-state index in [-0.39, 0.29) is 36.5 Å². The van der Waals surface area contributed by atoms with Crippen LogP contribution in [0.25, 0.3) is 0 Å². The van der Waals surface area contributed by atoms with Crippen molar-refractivity contribution in [3.05, 3.63) is 23.8 Å². The molecular formula is C29H51N3O6. The topological polar surface area (TPSA) is 157 Å². The van der Waals surface area contributed by atoms with Gasteiger partial charge in [0.15, 0.2) is 11.5 Å². The van der Waals surface area contributed by atoms with Crippen LogP contribution in [0.5, 0.6) is 11.5 Å². The van der Waals surface area contributed by atoms with E-state index in [9.17, 15) is 19.8 Å². The highest BCUT2D eigenvalue weighted by Gasteiger charge is 2.32. The lowest BCUT2D eigenvalue weighted by atomic mass is 9.80. The molecule has 9 nitrogen and oxygen atoms in total. The smallest absolute Gasteiger partial charge is 0.224 e. The number of benzene rings is 1. The number of hydrogen-bond donors (Lipinski definition) is 5. The van der Waals surface area contributed by atoms with Gasteiger partial charge >= 0.3 is 0 Å². The van der Waals surface area contributed by atoms with E-state index in [1.165, 1.54) is 0 Å². The quantitative estimate of drug-likeness (QED) is 0.180. The van der Waals surface area contributed by atoms with E-state index in [4.69, 9.17) is 20.9 Å². The maximum absolute atomic E-state index is 12.9. The number of carbonyl (C=O) groups is 2. The molecule has 4 unspecified atom stereocenters. The van der Waals surface area contributed by atoms with Crippen LogP contribution in [0.2, 0.25) is 0 Å². The maximum atomic E-state index is 12.9. The Morgan fingerprint density at radius 3 is 2.29 bits per heavy atom. The predicted molar refractivity (Wildman–Crippen MR) is 150 cm³/mol. The first-order valence-electron chi connectivity index (χ1n) is 13.6. The number of hydrogen-bond acceptors (Lipinski definition) is 7. The van der Waals surface area contributed by atoms with Gasteiger partial charge in [-0.25, -0.2) is 0 Å². The summed E-state index contributed by atoms with van der Waals surface area (Å²) in [5.74, 6) is -0.169. The number of primary amides is 1. The molecule has 9 heteroatoms. The van der Waals surface area contributed by atoms with Gasteiger partial charge in [0.05, 0.1) is 18.1 Å². The van der Waals surface area contributed by atoms with Crippen molar-refractivity contribution >= 4 is 11.8 Å². The third-order valence-corrected chi connectivity index (χ3v) is 7.29. The molecule has 0 heterocycles. The Hall–Kier alpha value is -2.36. The molecule has 0 aliphatic rings. The lowest BCUT2D eigenvalue weighted by Crippen LogP contribution is -2.46. The fourth-order valence-electron chi connectivity index (χ4n) is 4.23. The minimum absolute atomic E-state index is 0.0197. The van der Waals surface area contributed by atoms with E-state index in [1.54, 1.807) is 27.0 Å². The number of ether oxygens (including phenoxy) is 2. The Kier molecular flexibility index (Phi) is 14.1. The minimum atomic E-state index is -0.863. The molecule has 1 aromatic carbocycles. The van der Waals surface area contributed by atoms with Crippen molar-refractivity contribution < 1.29 is 29.3 Å². The number of aliphatic hydroxyl groups is 1. The molecule has 0 fully saturated rings. The summed E-state index contributed by atoms with van der Waals surface area (Å²) in [6.07, 6.45) is 1.37. The first-order chi connectivity index (χ1) is 17.7. The highest BCUT2D eigenvalue weighted by atomic mass is 16.5. The number of amides is 2. The van der Waals surface area contributed by atoms with Crippen molar-refractivity contribution in [2.75, 3.05) is 26.9 Å². The molecule has 38 heavy (non-hydrogen) atoms. The number of carbonyl (C=O) groups excluding carboxylic acids is 2. The van der Waals surface area contributed by atoms with Crippen LogP contribution in [-0.2, 0) is 20.7 Å². The largest absolute Gasteiger partial charge is 0.504 e. The van der Waals surface area contributed by atoms with Crippen molar-refractivity contribution in [3.63, 3.8) is 0 Å². The first-order valence-corrected chi connectivity index (χ1v) is 13.6. The number of nitrogens with two attached hydrogens (primary N) is 2. The van der Waals surface area contributed by atoms with Gasteiger partial charge in [0.1, 0.15) is 0 Å². The summed E-state index contributed by atoms with van der Waals surface area (Å²) in [5, 5.41) is 24.0. The Morgan fingerprint density at radius 1 is 1.08 bits per heavy atom. The summed E-state index contributed by atoms with van der Waals surface area (Å²) in [5.41, 5.74) is 12.0. The van der Waals surface area contributed by atoms with Gasteiger partial charge in [0, 0.05) is 38.6 Å². The average Bonchev–Trinajstić information content (AvgIpc) is 2.84. The fourth-order valence-corrected chi connectivity index (χ4v) is 4.23. The lowest BCUT2D eigenvalue weighted by Gasteiger charge is -2.30. The highest BCUT2D eigenvalue weighted by molar-refractivity contribution is 5.83. The van der Waals surface area contributed by atoms with Crippen molar-refractivity contribution in [1.82, 2.24) is 5.32 Å². The van der Waals surface area contributed by atoms with Gasteiger partial charge in [-0.1, -0.05) is 33.8 Å². The zero-order valence-corrected chi connectivity index (χ0v) is 24.3. The number of nitrogens with one attached hydrogen (secondary N) is 1. The van der Waals surface area contributed by atoms with E-state index in [0.717, 1.165) is 12.0 Å². The van der Waals surface area contributed by atoms with Crippen LogP contribution >= 0.6 is 0 Å².